The Hall–Kier alpha value is -3.81. The lowest BCUT2D eigenvalue weighted by Crippen LogP contribution is -2.25. The molecule has 2 amide bonds. The van der Waals surface area contributed by atoms with Crippen LogP contribution in [0, 0.1) is 6.92 Å². The van der Waals surface area contributed by atoms with E-state index in [1.54, 1.807) is 31.8 Å². The van der Waals surface area contributed by atoms with Crippen molar-refractivity contribution in [1.29, 1.82) is 0 Å². The van der Waals surface area contributed by atoms with Crippen LogP contribution in [0.1, 0.15) is 48.0 Å². The molecule has 8 heteroatoms. The smallest absolute Gasteiger partial charge is 0.254 e. The average Bonchev–Trinajstić information content (AvgIpc) is 2.85. The number of carbonyl (C=O) groups excluding carboxylic acids is 2. The summed E-state index contributed by atoms with van der Waals surface area (Å²) in [5.74, 6) is 0.345. The topological polar surface area (TPSA) is 100 Å². The van der Waals surface area contributed by atoms with E-state index in [2.05, 4.69) is 25.6 Å². The molecule has 8 nitrogen and oxygen atoms in total. The van der Waals surface area contributed by atoms with Crippen molar-refractivity contribution in [3.8, 4) is 0 Å². The largest absolute Gasteiger partial charge is 0.359 e. The van der Waals surface area contributed by atoms with Crippen LogP contribution in [-0.4, -0.2) is 40.4 Å². The molecule has 1 aromatic carbocycles. The van der Waals surface area contributed by atoms with Gasteiger partial charge in [0.15, 0.2) is 0 Å². The lowest BCUT2D eigenvalue weighted by atomic mass is 10.1. The number of para-hydroxylation sites is 1. The molecule has 2 aromatic heterocycles. The molecule has 0 fully saturated rings. The first-order chi connectivity index (χ1) is 16.1. The van der Waals surface area contributed by atoms with Gasteiger partial charge in [-0.2, -0.15) is 0 Å². The fourth-order valence-corrected chi connectivity index (χ4v) is 3.42. The molecule has 0 spiro atoms. The Bertz CT molecular complexity index is 1040. The van der Waals surface area contributed by atoms with Gasteiger partial charge in [-0.15, -0.1) is 0 Å². The minimum Gasteiger partial charge on any atom is -0.359 e. The number of hydrogen-bond acceptors (Lipinski definition) is 6. The first kappa shape index (κ1) is 23.8. The molecule has 0 atom stereocenters. The Balaban J connectivity index is 1.60. The van der Waals surface area contributed by atoms with Gasteiger partial charge in [0.25, 0.3) is 5.91 Å². The number of hydrogen-bond donors (Lipinski definition) is 2. The van der Waals surface area contributed by atoms with Gasteiger partial charge in [-0.3, -0.25) is 19.5 Å². The first-order valence-electron chi connectivity index (χ1n) is 11.2. The summed E-state index contributed by atoms with van der Waals surface area (Å²) in [5.41, 5.74) is 3.33. The molecule has 2 N–H and O–H groups in total. The highest BCUT2D eigenvalue weighted by Crippen LogP contribution is 2.33. The minimum absolute atomic E-state index is 0.0664. The zero-order chi connectivity index (χ0) is 23.5. The van der Waals surface area contributed by atoms with Gasteiger partial charge in [-0.05, 0) is 43.5 Å². The van der Waals surface area contributed by atoms with Crippen molar-refractivity contribution in [1.82, 2.24) is 25.6 Å². The third-order valence-corrected chi connectivity index (χ3v) is 5.27. The van der Waals surface area contributed by atoms with Crippen molar-refractivity contribution in [2.75, 3.05) is 18.5 Å². The van der Waals surface area contributed by atoms with E-state index in [4.69, 9.17) is 0 Å². The third kappa shape index (κ3) is 6.83. The normalized spacial score (nSPS) is 10.5. The van der Waals surface area contributed by atoms with E-state index in [0.717, 1.165) is 42.6 Å². The van der Waals surface area contributed by atoms with Crippen LogP contribution in [0.3, 0.4) is 0 Å². The van der Waals surface area contributed by atoms with Gasteiger partial charge in [-0.25, -0.2) is 9.97 Å². The summed E-state index contributed by atoms with van der Waals surface area (Å²) in [7, 11) is 1.65. The van der Waals surface area contributed by atoms with Gasteiger partial charge in [0.2, 0.25) is 11.9 Å². The molecule has 172 valence electrons. The Kier molecular flexibility index (Phi) is 8.88. The number of rotatable bonds is 11. The molecule has 0 saturated carbocycles. The number of anilines is 3. The molecular formula is C25H30N6O2. The minimum atomic E-state index is -0.196. The second-order valence-corrected chi connectivity index (χ2v) is 7.69. The van der Waals surface area contributed by atoms with Crippen LogP contribution in [0.5, 0.6) is 0 Å². The fraction of sp³-hybridized carbons (Fsp3) is 0.320. The summed E-state index contributed by atoms with van der Waals surface area (Å²) in [6.07, 6.45) is 10.7. The third-order valence-electron chi connectivity index (χ3n) is 5.27. The van der Waals surface area contributed by atoms with Gasteiger partial charge in [0, 0.05) is 44.8 Å². The van der Waals surface area contributed by atoms with Crippen LogP contribution in [0.25, 0.3) is 0 Å². The summed E-state index contributed by atoms with van der Waals surface area (Å²) in [6.45, 7) is 2.61. The predicted octanol–water partition coefficient (Wildman–Crippen LogP) is 4.08. The highest BCUT2D eigenvalue weighted by atomic mass is 16.2. The summed E-state index contributed by atoms with van der Waals surface area (Å²) >= 11 is 0. The van der Waals surface area contributed by atoms with E-state index in [1.807, 2.05) is 48.2 Å². The van der Waals surface area contributed by atoms with Crippen molar-refractivity contribution >= 4 is 29.1 Å². The zero-order valence-corrected chi connectivity index (χ0v) is 19.1. The van der Waals surface area contributed by atoms with Gasteiger partial charge in [-0.1, -0.05) is 31.0 Å². The molecule has 2 heterocycles. The summed E-state index contributed by atoms with van der Waals surface area (Å²) in [6, 6.07) is 11.8. The Labute approximate surface area is 194 Å². The number of nitrogens with one attached hydrogen (secondary N) is 2. The maximum absolute atomic E-state index is 12.5. The summed E-state index contributed by atoms with van der Waals surface area (Å²) in [4.78, 5) is 38.7. The number of aryl methyl sites for hydroxylation is 1. The lowest BCUT2D eigenvalue weighted by molar-refractivity contribution is -0.120. The van der Waals surface area contributed by atoms with Gasteiger partial charge < -0.3 is 10.6 Å². The molecule has 0 unspecified atom stereocenters. The number of pyridine rings is 1. The number of carbonyl (C=O) groups is 2. The maximum atomic E-state index is 12.5. The molecule has 33 heavy (non-hydrogen) atoms. The zero-order valence-electron chi connectivity index (χ0n) is 19.1. The fourth-order valence-electron chi connectivity index (χ4n) is 3.42. The van der Waals surface area contributed by atoms with Crippen LogP contribution in [0.15, 0.2) is 61.2 Å². The average molecular weight is 447 g/mol. The molecule has 3 rings (SSSR count). The second kappa shape index (κ2) is 12.3. The highest BCUT2D eigenvalue weighted by Gasteiger charge is 2.17. The van der Waals surface area contributed by atoms with E-state index in [1.165, 1.54) is 0 Å². The summed E-state index contributed by atoms with van der Waals surface area (Å²) in [5, 5.41) is 5.53. The van der Waals surface area contributed by atoms with Crippen molar-refractivity contribution in [3.63, 3.8) is 0 Å². The monoisotopic (exact) mass is 446 g/mol. The Morgan fingerprint density at radius 3 is 2.33 bits per heavy atom. The van der Waals surface area contributed by atoms with Crippen molar-refractivity contribution in [2.45, 2.75) is 39.0 Å². The van der Waals surface area contributed by atoms with Crippen LogP contribution < -0.4 is 15.5 Å². The molecule has 0 radical (unpaired) electrons. The Morgan fingerprint density at radius 2 is 1.64 bits per heavy atom. The van der Waals surface area contributed by atoms with Crippen LogP contribution in [0.2, 0.25) is 0 Å². The maximum Gasteiger partial charge on any atom is 0.254 e. The van der Waals surface area contributed by atoms with Gasteiger partial charge >= 0.3 is 0 Å². The predicted molar refractivity (Wildman–Crippen MR) is 129 cm³/mol. The van der Waals surface area contributed by atoms with Gasteiger partial charge in [0.05, 0.1) is 16.9 Å². The van der Waals surface area contributed by atoms with Gasteiger partial charge in [0.1, 0.15) is 0 Å². The Morgan fingerprint density at radius 1 is 0.939 bits per heavy atom. The molecule has 0 aliphatic rings. The van der Waals surface area contributed by atoms with E-state index in [9.17, 15) is 9.59 Å². The molecular weight excluding hydrogens is 416 g/mol. The SMILES string of the molecule is CNC(=O)CCCCCCNC(=O)c1cnc(N(c2ccncc2)c2ccccc2C)nc1. The van der Waals surface area contributed by atoms with Crippen LogP contribution in [-0.2, 0) is 4.79 Å². The molecule has 0 bridgehead atoms. The quantitative estimate of drug-likeness (QED) is 0.431. The van der Waals surface area contributed by atoms with E-state index in [0.29, 0.717) is 24.5 Å². The molecule has 0 aliphatic heterocycles. The standard InChI is InChI=1S/C25H30N6O2/c1-19-9-6-7-10-22(19)31(21-12-15-27-16-13-21)25-29-17-20(18-30-25)24(33)28-14-8-4-3-5-11-23(32)26-2/h6-7,9-10,12-13,15-18H,3-5,8,11,14H2,1-2H3,(H,26,32)(H,28,33). The lowest BCUT2D eigenvalue weighted by Gasteiger charge is -2.24. The number of nitrogens with zero attached hydrogens (tertiary/aromatic N) is 4. The number of benzene rings is 1. The summed E-state index contributed by atoms with van der Waals surface area (Å²) < 4.78 is 0. The second-order valence-electron chi connectivity index (χ2n) is 7.69. The number of unbranched alkanes of at least 4 members (excludes halogenated alkanes) is 3. The first-order valence-corrected chi connectivity index (χ1v) is 11.2. The van der Waals surface area contributed by atoms with E-state index >= 15 is 0 Å². The number of aromatic nitrogens is 3. The highest BCUT2D eigenvalue weighted by molar-refractivity contribution is 5.93. The van der Waals surface area contributed by atoms with E-state index in [-0.39, 0.29) is 11.8 Å². The van der Waals surface area contributed by atoms with Crippen molar-refractivity contribution < 1.29 is 9.59 Å². The number of amides is 2. The van der Waals surface area contributed by atoms with E-state index < -0.39 is 0 Å². The van der Waals surface area contributed by atoms with Crippen molar-refractivity contribution in [3.05, 3.63) is 72.3 Å². The van der Waals surface area contributed by atoms with Crippen molar-refractivity contribution in [2.24, 2.45) is 0 Å². The molecule has 0 aliphatic carbocycles. The van der Waals surface area contributed by atoms with Crippen LogP contribution >= 0.6 is 0 Å². The molecule has 0 saturated heterocycles. The molecule has 3 aromatic rings. The van der Waals surface area contributed by atoms with Crippen LogP contribution in [0.4, 0.5) is 17.3 Å².